The van der Waals surface area contributed by atoms with Crippen LogP contribution in [0, 0.1) is 11.7 Å². The SMILES string of the molecule is CC(C)C[C@H]1Oc2ccc(Cl)cc2[C@H]2CC(c3ccc(F)cc3)=NN21. The van der Waals surface area contributed by atoms with E-state index in [2.05, 4.69) is 18.9 Å². The Hall–Kier alpha value is -2.07. The molecule has 0 radical (unpaired) electrons. The fourth-order valence-electron chi connectivity index (χ4n) is 3.51. The first-order chi connectivity index (χ1) is 12.0. The lowest BCUT2D eigenvalue weighted by atomic mass is 9.95. The second-order valence-electron chi connectivity index (χ2n) is 7.04. The van der Waals surface area contributed by atoms with Gasteiger partial charge in [0.05, 0.1) is 11.8 Å². The summed E-state index contributed by atoms with van der Waals surface area (Å²) in [5.74, 6) is 1.13. The van der Waals surface area contributed by atoms with Crippen molar-refractivity contribution in [2.24, 2.45) is 11.0 Å². The molecule has 0 bridgehead atoms. The summed E-state index contributed by atoms with van der Waals surface area (Å²) in [4.78, 5) is 0. The minimum atomic E-state index is -0.238. The smallest absolute Gasteiger partial charge is 0.188 e. The third-order valence-electron chi connectivity index (χ3n) is 4.68. The van der Waals surface area contributed by atoms with Crippen LogP contribution in [-0.4, -0.2) is 16.9 Å². The van der Waals surface area contributed by atoms with Gasteiger partial charge in [-0.25, -0.2) is 4.39 Å². The Kier molecular flexibility index (Phi) is 4.16. The van der Waals surface area contributed by atoms with E-state index in [0.717, 1.165) is 35.4 Å². The Morgan fingerprint density at radius 1 is 1.24 bits per heavy atom. The van der Waals surface area contributed by atoms with Crippen LogP contribution in [0.25, 0.3) is 0 Å². The first-order valence-electron chi connectivity index (χ1n) is 8.59. The van der Waals surface area contributed by atoms with Crippen LogP contribution in [0.15, 0.2) is 47.6 Å². The quantitative estimate of drug-likeness (QED) is 0.734. The summed E-state index contributed by atoms with van der Waals surface area (Å²) in [6.45, 7) is 4.35. The molecule has 0 amide bonds. The van der Waals surface area contributed by atoms with E-state index >= 15 is 0 Å². The molecule has 2 atom stereocenters. The highest BCUT2D eigenvalue weighted by molar-refractivity contribution is 6.30. The zero-order valence-corrected chi connectivity index (χ0v) is 15.0. The highest BCUT2D eigenvalue weighted by Gasteiger charge is 2.40. The summed E-state index contributed by atoms with van der Waals surface area (Å²) < 4.78 is 19.4. The maximum absolute atomic E-state index is 13.2. The summed E-state index contributed by atoms with van der Waals surface area (Å²) in [5.41, 5.74) is 2.96. The topological polar surface area (TPSA) is 24.8 Å². The summed E-state index contributed by atoms with van der Waals surface area (Å²) >= 11 is 6.21. The van der Waals surface area contributed by atoms with Crippen molar-refractivity contribution in [3.8, 4) is 5.75 Å². The average Bonchev–Trinajstić information content (AvgIpc) is 3.01. The number of halogens is 2. The summed E-state index contributed by atoms with van der Waals surface area (Å²) in [6.07, 6.45) is 1.55. The van der Waals surface area contributed by atoms with Gasteiger partial charge in [0.15, 0.2) is 6.23 Å². The summed E-state index contributed by atoms with van der Waals surface area (Å²) in [6, 6.07) is 12.4. The number of fused-ring (bicyclic) bond motifs is 3. The first-order valence-corrected chi connectivity index (χ1v) is 8.97. The van der Waals surface area contributed by atoms with Crippen LogP contribution in [0.4, 0.5) is 4.39 Å². The molecule has 130 valence electrons. The van der Waals surface area contributed by atoms with Crippen LogP contribution >= 0.6 is 11.6 Å². The van der Waals surface area contributed by atoms with Crippen LogP contribution in [0.1, 0.15) is 43.9 Å². The molecule has 0 saturated carbocycles. The van der Waals surface area contributed by atoms with Gasteiger partial charge in [-0.2, -0.15) is 5.10 Å². The maximum atomic E-state index is 13.2. The summed E-state index contributed by atoms with van der Waals surface area (Å²) in [5, 5.41) is 7.58. The Labute approximate surface area is 152 Å². The molecule has 3 nitrogen and oxygen atoms in total. The van der Waals surface area contributed by atoms with Gasteiger partial charge in [0.1, 0.15) is 11.6 Å². The van der Waals surface area contributed by atoms with Gasteiger partial charge >= 0.3 is 0 Å². The van der Waals surface area contributed by atoms with Crippen molar-refractivity contribution in [3.63, 3.8) is 0 Å². The van der Waals surface area contributed by atoms with Crippen LogP contribution in [0.3, 0.4) is 0 Å². The molecule has 2 aliphatic rings. The predicted molar refractivity (Wildman–Crippen MR) is 97.5 cm³/mol. The van der Waals surface area contributed by atoms with E-state index in [1.165, 1.54) is 12.1 Å². The molecule has 25 heavy (non-hydrogen) atoms. The zero-order chi connectivity index (χ0) is 17.6. The minimum absolute atomic E-state index is 0.100. The van der Waals surface area contributed by atoms with Gasteiger partial charge in [0, 0.05) is 23.4 Å². The fraction of sp³-hybridized carbons (Fsp3) is 0.350. The van der Waals surface area contributed by atoms with Crippen LogP contribution in [0.2, 0.25) is 5.02 Å². The van der Waals surface area contributed by atoms with Gasteiger partial charge < -0.3 is 4.74 Å². The maximum Gasteiger partial charge on any atom is 0.188 e. The van der Waals surface area contributed by atoms with Crippen molar-refractivity contribution in [1.82, 2.24) is 5.01 Å². The molecule has 0 N–H and O–H groups in total. The van der Waals surface area contributed by atoms with Gasteiger partial charge in [-0.05, 0) is 41.8 Å². The average molecular weight is 359 g/mol. The van der Waals surface area contributed by atoms with Gasteiger partial charge in [0.25, 0.3) is 0 Å². The van der Waals surface area contributed by atoms with E-state index in [1.54, 1.807) is 12.1 Å². The second kappa shape index (κ2) is 6.34. The highest BCUT2D eigenvalue weighted by atomic mass is 35.5. The van der Waals surface area contributed by atoms with Crippen LogP contribution < -0.4 is 4.74 Å². The van der Waals surface area contributed by atoms with Crippen molar-refractivity contribution >= 4 is 17.3 Å². The van der Waals surface area contributed by atoms with Crippen molar-refractivity contribution in [2.45, 2.75) is 39.0 Å². The fourth-order valence-corrected chi connectivity index (χ4v) is 3.69. The van der Waals surface area contributed by atoms with Crippen molar-refractivity contribution < 1.29 is 9.13 Å². The van der Waals surface area contributed by atoms with Crippen molar-refractivity contribution in [3.05, 3.63) is 64.4 Å². The third kappa shape index (κ3) is 3.11. The normalized spacial score (nSPS) is 21.6. The highest BCUT2D eigenvalue weighted by Crippen LogP contribution is 2.44. The van der Waals surface area contributed by atoms with E-state index < -0.39 is 0 Å². The molecule has 0 spiro atoms. The number of benzene rings is 2. The molecule has 0 saturated heterocycles. The van der Waals surface area contributed by atoms with Gasteiger partial charge in [0.2, 0.25) is 0 Å². The third-order valence-corrected chi connectivity index (χ3v) is 4.92. The Morgan fingerprint density at radius 2 is 2.00 bits per heavy atom. The number of hydrogen-bond donors (Lipinski definition) is 0. The van der Waals surface area contributed by atoms with Crippen LogP contribution in [0.5, 0.6) is 5.75 Å². The Bertz CT molecular complexity index is 819. The molecule has 2 aliphatic heterocycles. The van der Waals surface area contributed by atoms with Crippen LogP contribution in [-0.2, 0) is 0 Å². The number of hydrogen-bond acceptors (Lipinski definition) is 3. The summed E-state index contributed by atoms with van der Waals surface area (Å²) in [7, 11) is 0. The molecule has 0 aliphatic carbocycles. The van der Waals surface area contributed by atoms with Gasteiger partial charge in [-0.15, -0.1) is 0 Å². The van der Waals surface area contributed by atoms with Gasteiger partial charge in [-0.1, -0.05) is 37.6 Å². The van der Waals surface area contributed by atoms with E-state index in [9.17, 15) is 4.39 Å². The monoisotopic (exact) mass is 358 g/mol. The lowest BCUT2D eigenvalue weighted by Crippen LogP contribution is -2.41. The predicted octanol–water partition coefficient (Wildman–Crippen LogP) is 5.39. The molecule has 2 aromatic carbocycles. The number of nitrogens with zero attached hydrogens (tertiary/aromatic N) is 2. The lowest BCUT2D eigenvalue weighted by Gasteiger charge is -2.38. The standard InChI is InChI=1S/C20H20ClFN2O/c1-12(2)9-20-24-18(16-10-14(21)5-8-19(16)25-20)11-17(23-24)13-3-6-15(22)7-4-13/h3-8,10,12,18,20H,9,11H2,1-2H3/t18-,20-/m1/s1. The number of hydrazone groups is 1. The Balaban J connectivity index is 1.72. The first kappa shape index (κ1) is 16.4. The molecule has 0 aromatic heterocycles. The van der Waals surface area contributed by atoms with E-state index in [-0.39, 0.29) is 18.1 Å². The Morgan fingerprint density at radius 3 is 2.72 bits per heavy atom. The van der Waals surface area contributed by atoms with E-state index in [0.29, 0.717) is 10.9 Å². The van der Waals surface area contributed by atoms with Crippen molar-refractivity contribution in [2.75, 3.05) is 0 Å². The van der Waals surface area contributed by atoms with Crippen molar-refractivity contribution in [1.29, 1.82) is 0 Å². The minimum Gasteiger partial charge on any atom is -0.469 e. The van der Waals surface area contributed by atoms with Gasteiger partial charge in [-0.3, -0.25) is 5.01 Å². The molecular weight excluding hydrogens is 339 g/mol. The largest absolute Gasteiger partial charge is 0.469 e. The number of rotatable bonds is 3. The molecule has 4 rings (SSSR count). The second-order valence-corrected chi connectivity index (χ2v) is 7.47. The zero-order valence-electron chi connectivity index (χ0n) is 14.2. The molecule has 5 heteroatoms. The molecule has 0 fully saturated rings. The molecule has 2 heterocycles. The molecular formula is C20H20ClFN2O. The number of ether oxygens (including phenoxy) is 1. The molecule has 2 aromatic rings. The van der Waals surface area contributed by atoms with E-state index in [1.807, 2.05) is 18.2 Å². The molecule has 0 unspecified atom stereocenters. The lowest BCUT2D eigenvalue weighted by molar-refractivity contribution is -0.0291. The van der Waals surface area contributed by atoms with E-state index in [4.69, 9.17) is 21.4 Å².